The molecule has 0 aliphatic carbocycles. The SMILES string of the molecule is C/C=C/[C@@H](O)[C@H](C)[C@H]1OC(C)OC[C@@H]1C. The quantitative estimate of drug-likeness (QED) is 0.730. The first-order valence-corrected chi connectivity index (χ1v) is 5.64. The lowest BCUT2D eigenvalue weighted by Gasteiger charge is -2.38. The minimum Gasteiger partial charge on any atom is -0.389 e. The van der Waals surface area contributed by atoms with Crippen LogP contribution in [0.25, 0.3) is 0 Å². The molecule has 88 valence electrons. The molecule has 3 nitrogen and oxygen atoms in total. The average Bonchev–Trinajstić information content (AvgIpc) is 2.21. The summed E-state index contributed by atoms with van der Waals surface area (Å²) in [5, 5.41) is 9.87. The normalized spacial score (nSPS) is 36.7. The summed E-state index contributed by atoms with van der Waals surface area (Å²) < 4.78 is 11.1. The summed E-state index contributed by atoms with van der Waals surface area (Å²) in [6, 6.07) is 0. The third-order valence-electron chi connectivity index (χ3n) is 2.95. The lowest BCUT2D eigenvalue weighted by atomic mass is 9.88. The van der Waals surface area contributed by atoms with Crippen molar-refractivity contribution in [2.24, 2.45) is 11.8 Å². The van der Waals surface area contributed by atoms with E-state index in [1.165, 1.54) is 0 Å². The van der Waals surface area contributed by atoms with Gasteiger partial charge in [0, 0.05) is 11.8 Å². The van der Waals surface area contributed by atoms with Gasteiger partial charge in [0.15, 0.2) is 6.29 Å². The molecule has 1 rings (SSSR count). The summed E-state index contributed by atoms with van der Waals surface area (Å²) in [7, 11) is 0. The molecule has 1 N–H and O–H groups in total. The van der Waals surface area contributed by atoms with Crippen LogP contribution in [0.4, 0.5) is 0 Å². The molecule has 3 heteroatoms. The van der Waals surface area contributed by atoms with Crippen molar-refractivity contribution in [2.45, 2.75) is 46.2 Å². The molecule has 1 fully saturated rings. The zero-order chi connectivity index (χ0) is 11.4. The Morgan fingerprint density at radius 2 is 2.07 bits per heavy atom. The minimum absolute atomic E-state index is 0.0694. The van der Waals surface area contributed by atoms with Crippen LogP contribution in [0.5, 0.6) is 0 Å². The van der Waals surface area contributed by atoms with Crippen LogP contribution in [-0.2, 0) is 9.47 Å². The summed E-state index contributed by atoms with van der Waals surface area (Å²) in [5.74, 6) is 0.429. The number of allylic oxidation sites excluding steroid dienone is 1. The molecule has 1 heterocycles. The molecular formula is C12H22O3. The molecular weight excluding hydrogens is 192 g/mol. The Balaban J connectivity index is 2.59. The molecule has 15 heavy (non-hydrogen) atoms. The van der Waals surface area contributed by atoms with Gasteiger partial charge in [0.2, 0.25) is 0 Å². The van der Waals surface area contributed by atoms with Gasteiger partial charge in [0.05, 0.1) is 18.8 Å². The molecule has 0 aromatic heterocycles. The molecule has 0 aromatic carbocycles. The van der Waals surface area contributed by atoms with E-state index in [0.29, 0.717) is 12.5 Å². The van der Waals surface area contributed by atoms with E-state index in [1.54, 1.807) is 6.08 Å². The fraction of sp³-hybridized carbons (Fsp3) is 0.833. The van der Waals surface area contributed by atoms with E-state index in [-0.39, 0.29) is 18.3 Å². The fourth-order valence-corrected chi connectivity index (χ4v) is 1.99. The number of aliphatic hydroxyl groups is 1. The molecule has 0 saturated carbocycles. The van der Waals surface area contributed by atoms with Crippen molar-refractivity contribution in [1.82, 2.24) is 0 Å². The second kappa shape index (κ2) is 5.64. The van der Waals surface area contributed by atoms with Gasteiger partial charge in [-0.25, -0.2) is 0 Å². The van der Waals surface area contributed by atoms with Gasteiger partial charge < -0.3 is 14.6 Å². The topological polar surface area (TPSA) is 38.7 Å². The number of hydrogen-bond donors (Lipinski definition) is 1. The van der Waals surface area contributed by atoms with Gasteiger partial charge in [-0.3, -0.25) is 0 Å². The highest BCUT2D eigenvalue weighted by atomic mass is 16.7. The first-order chi connectivity index (χ1) is 7.06. The largest absolute Gasteiger partial charge is 0.389 e. The number of ether oxygens (including phenoxy) is 2. The molecule has 0 radical (unpaired) electrons. The zero-order valence-corrected chi connectivity index (χ0v) is 10.0. The Bertz CT molecular complexity index is 215. The average molecular weight is 214 g/mol. The van der Waals surface area contributed by atoms with E-state index >= 15 is 0 Å². The Morgan fingerprint density at radius 1 is 1.40 bits per heavy atom. The van der Waals surface area contributed by atoms with Crippen LogP contribution in [0, 0.1) is 11.8 Å². The second-order valence-electron chi connectivity index (χ2n) is 4.35. The van der Waals surface area contributed by atoms with E-state index in [9.17, 15) is 5.11 Å². The summed E-state index contributed by atoms with van der Waals surface area (Å²) in [4.78, 5) is 0. The van der Waals surface area contributed by atoms with Gasteiger partial charge >= 0.3 is 0 Å². The highest BCUT2D eigenvalue weighted by Gasteiger charge is 2.33. The summed E-state index contributed by atoms with van der Waals surface area (Å²) in [6.07, 6.45) is 3.15. The highest BCUT2D eigenvalue weighted by molar-refractivity contribution is 4.92. The summed E-state index contributed by atoms with van der Waals surface area (Å²) >= 11 is 0. The molecule has 5 atom stereocenters. The number of aliphatic hydroxyl groups excluding tert-OH is 1. The molecule has 0 aromatic rings. The maximum absolute atomic E-state index is 9.87. The van der Waals surface area contributed by atoms with Gasteiger partial charge in [-0.1, -0.05) is 26.0 Å². The molecule has 1 aliphatic rings. The first kappa shape index (κ1) is 12.7. The van der Waals surface area contributed by atoms with E-state index in [0.717, 1.165) is 0 Å². The zero-order valence-electron chi connectivity index (χ0n) is 10.0. The van der Waals surface area contributed by atoms with Crippen LogP contribution >= 0.6 is 0 Å². The monoisotopic (exact) mass is 214 g/mol. The van der Waals surface area contributed by atoms with E-state index in [1.807, 2.05) is 26.8 Å². The van der Waals surface area contributed by atoms with Crippen molar-refractivity contribution < 1.29 is 14.6 Å². The van der Waals surface area contributed by atoms with Crippen LogP contribution in [0.15, 0.2) is 12.2 Å². The number of rotatable bonds is 3. The third-order valence-corrected chi connectivity index (χ3v) is 2.95. The van der Waals surface area contributed by atoms with Crippen LogP contribution in [0.3, 0.4) is 0 Å². The lowest BCUT2D eigenvalue weighted by molar-refractivity contribution is -0.241. The molecule has 1 aliphatic heterocycles. The van der Waals surface area contributed by atoms with Crippen molar-refractivity contribution in [1.29, 1.82) is 0 Å². The van der Waals surface area contributed by atoms with E-state index in [2.05, 4.69) is 6.92 Å². The Hall–Kier alpha value is -0.380. The van der Waals surface area contributed by atoms with Crippen LogP contribution in [0.1, 0.15) is 27.7 Å². The van der Waals surface area contributed by atoms with Gasteiger partial charge in [0.25, 0.3) is 0 Å². The molecule has 0 spiro atoms. The lowest BCUT2D eigenvalue weighted by Crippen LogP contribution is -2.44. The molecule has 0 bridgehead atoms. The Morgan fingerprint density at radius 3 is 2.67 bits per heavy atom. The maximum atomic E-state index is 9.87. The van der Waals surface area contributed by atoms with Crippen molar-refractivity contribution in [3.05, 3.63) is 12.2 Å². The standard InChI is InChI=1S/C12H22O3/c1-5-6-11(13)9(3)12-8(2)7-14-10(4)15-12/h5-6,8-13H,7H2,1-4H3/b6-5+/t8-,9-,10?,11+,12-/m0/s1. The molecule has 1 unspecified atom stereocenters. The van der Waals surface area contributed by atoms with Gasteiger partial charge in [0.1, 0.15) is 0 Å². The maximum Gasteiger partial charge on any atom is 0.155 e. The Kier molecular flexibility index (Phi) is 4.77. The van der Waals surface area contributed by atoms with Gasteiger partial charge in [-0.15, -0.1) is 0 Å². The number of hydrogen-bond acceptors (Lipinski definition) is 3. The minimum atomic E-state index is -0.437. The van der Waals surface area contributed by atoms with Crippen molar-refractivity contribution >= 4 is 0 Å². The fourth-order valence-electron chi connectivity index (χ4n) is 1.99. The van der Waals surface area contributed by atoms with Crippen molar-refractivity contribution in [2.75, 3.05) is 6.61 Å². The smallest absolute Gasteiger partial charge is 0.155 e. The first-order valence-electron chi connectivity index (χ1n) is 5.64. The van der Waals surface area contributed by atoms with Gasteiger partial charge in [-0.05, 0) is 13.8 Å². The summed E-state index contributed by atoms with van der Waals surface area (Å²) in [6.45, 7) is 8.62. The molecule has 0 amide bonds. The Labute approximate surface area is 92.1 Å². The van der Waals surface area contributed by atoms with E-state index in [4.69, 9.17) is 9.47 Å². The third kappa shape index (κ3) is 3.30. The van der Waals surface area contributed by atoms with Crippen molar-refractivity contribution in [3.8, 4) is 0 Å². The van der Waals surface area contributed by atoms with Crippen molar-refractivity contribution in [3.63, 3.8) is 0 Å². The van der Waals surface area contributed by atoms with Crippen LogP contribution in [0.2, 0.25) is 0 Å². The van der Waals surface area contributed by atoms with Crippen LogP contribution in [-0.4, -0.2) is 30.2 Å². The second-order valence-corrected chi connectivity index (χ2v) is 4.35. The molecule has 1 saturated heterocycles. The van der Waals surface area contributed by atoms with Gasteiger partial charge in [-0.2, -0.15) is 0 Å². The summed E-state index contributed by atoms with van der Waals surface area (Å²) in [5.41, 5.74) is 0. The van der Waals surface area contributed by atoms with E-state index < -0.39 is 6.10 Å². The highest BCUT2D eigenvalue weighted by Crippen LogP contribution is 2.26. The van der Waals surface area contributed by atoms with Crippen LogP contribution < -0.4 is 0 Å². The predicted octanol–water partition coefficient (Wildman–Crippen LogP) is 1.96. The predicted molar refractivity (Wildman–Crippen MR) is 59.4 cm³/mol.